The van der Waals surface area contributed by atoms with Gasteiger partial charge in [0.2, 0.25) is 0 Å². The molecule has 1 heterocycles. The van der Waals surface area contributed by atoms with Crippen LogP contribution in [0.2, 0.25) is 72.5 Å². The molecular formula is C60H120O12Si12. The minimum Gasteiger partial charge on any atom is -0.409 e. The highest BCUT2D eigenvalue weighted by Crippen LogP contribution is 2.44. The first-order valence-corrected chi connectivity index (χ1v) is 57.2. The van der Waals surface area contributed by atoms with Gasteiger partial charge in [0.05, 0.1) is 0 Å². The third-order valence-electron chi connectivity index (χ3n) is 15.1. The van der Waals surface area contributed by atoms with Gasteiger partial charge in [-0.05, 0) is 72.5 Å². The molecule has 0 saturated carbocycles. The second kappa shape index (κ2) is 38.0. The Kier molecular flexibility index (Phi) is 36.6. The van der Waals surface area contributed by atoms with Gasteiger partial charge < -0.3 is 49.4 Å². The van der Waals surface area contributed by atoms with E-state index in [-0.39, 0.29) is 0 Å². The third kappa shape index (κ3) is 21.6. The Morgan fingerprint density at radius 2 is 0.214 bits per heavy atom. The van der Waals surface area contributed by atoms with E-state index in [9.17, 15) is 0 Å². The summed E-state index contributed by atoms with van der Waals surface area (Å²) < 4.78 is 94.7. The SMILES string of the molecule is C=C[Si]1(CCC)O[Si](C=C)(CCC)O[Si](C=C)(CCC)O[Si](C=C)(CCC)O[Si](C=C)(CCC)O[Si](C=C)(CCC)O[Si](C=C)(CCC)O[Si](C=C)(CCC)O[Si](C=C)(CCC)O[Si](C=C)(CCC)O[Si](C=C)(CCC)O[Si](C=C)(CCC)O1. The predicted molar refractivity (Wildman–Crippen MR) is 386 cm³/mol. The molecule has 1 rings (SSSR count). The Bertz CT molecular complexity index is 1570. The molecule has 1 aliphatic rings. The molecule has 0 N–H and O–H groups in total. The van der Waals surface area contributed by atoms with Crippen LogP contribution in [0.15, 0.2) is 147 Å². The largest absolute Gasteiger partial charge is 0.409 e. The molecule has 480 valence electrons. The Hall–Kier alpha value is -0.997. The molecule has 1 saturated heterocycles. The van der Waals surface area contributed by atoms with Crippen LogP contribution in [-0.2, 0) is 49.4 Å². The van der Waals surface area contributed by atoms with E-state index in [4.69, 9.17) is 49.4 Å². The lowest BCUT2D eigenvalue weighted by Crippen LogP contribution is -2.68. The minimum atomic E-state index is -3.61. The summed E-state index contributed by atoms with van der Waals surface area (Å²) in [6, 6.07) is 6.74. The van der Waals surface area contributed by atoms with Crippen molar-refractivity contribution >= 4 is 103 Å². The molecule has 0 unspecified atom stereocenters. The summed E-state index contributed by atoms with van der Waals surface area (Å²) in [4.78, 5) is 0. The lowest BCUT2D eigenvalue weighted by molar-refractivity contribution is 0.238. The summed E-state index contributed by atoms with van der Waals surface area (Å²) in [6.07, 6.45) is 8.82. The maximum Gasteiger partial charge on any atom is 0.347 e. The molecular weight excluding hydrogens is 1250 g/mol. The van der Waals surface area contributed by atoms with Gasteiger partial charge in [-0.15, -0.1) is 78.9 Å². The highest BCUT2D eigenvalue weighted by molar-refractivity contribution is 7.02. The maximum atomic E-state index is 7.89. The van der Waals surface area contributed by atoms with Crippen LogP contribution in [0.5, 0.6) is 0 Å². The van der Waals surface area contributed by atoms with Gasteiger partial charge in [-0.25, -0.2) is 0 Å². The van der Waals surface area contributed by atoms with Crippen LogP contribution in [0, 0.1) is 0 Å². The number of hydrogen-bond acceptors (Lipinski definition) is 12. The molecule has 0 radical (unpaired) electrons. The van der Waals surface area contributed by atoms with E-state index in [1.165, 1.54) is 0 Å². The Labute approximate surface area is 528 Å². The minimum absolute atomic E-state index is 0.562. The van der Waals surface area contributed by atoms with Crippen LogP contribution >= 0.6 is 0 Å². The lowest BCUT2D eigenvalue weighted by atomic mass is 10.6. The van der Waals surface area contributed by atoms with Crippen molar-refractivity contribution in [3.8, 4) is 0 Å². The third-order valence-corrected chi connectivity index (χ3v) is 70.1. The number of rotatable bonds is 36. The van der Waals surface area contributed by atoms with E-state index >= 15 is 0 Å². The molecule has 1 aliphatic heterocycles. The van der Waals surface area contributed by atoms with Gasteiger partial charge in [-0.2, -0.15) is 0 Å². The maximum absolute atomic E-state index is 7.89. The fourth-order valence-corrected chi connectivity index (χ4v) is 74.6. The van der Waals surface area contributed by atoms with Gasteiger partial charge in [0.1, 0.15) is 0 Å². The van der Waals surface area contributed by atoms with Gasteiger partial charge in [-0.1, -0.05) is 229 Å². The molecule has 1 fully saturated rings. The lowest BCUT2D eigenvalue weighted by Gasteiger charge is -2.50. The van der Waals surface area contributed by atoms with Crippen molar-refractivity contribution in [2.75, 3.05) is 0 Å². The molecule has 0 atom stereocenters. The van der Waals surface area contributed by atoms with Crippen molar-refractivity contribution in [1.29, 1.82) is 0 Å². The van der Waals surface area contributed by atoms with Gasteiger partial charge in [0.25, 0.3) is 0 Å². The van der Waals surface area contributed by atoms with Crippen molar-refractivity contribution in [3.63, 3.8) is 0 Å². The molecule has 12 nitrogen and oxygen atoms in total. The van der Waals surface area contributed by atoms with Crippen molar-refractivity contribution in [1.82, 2.24) is 0 Å². The molecule has 0 aromatic rings. The second-order valence-corrected chi connectivity index (χ2v) is 62.6. The van der Waals surface area contributed by atoms with Gasteiger partial charge in [0.15, 0.2) is 0 Å². The quantitative estimate of drug-likeness (QED) is 0.0557. The summed E-state index contributed by atoms with van der Waals surface area (Å²) in [6.45, 7) is 80.4. The Balaban J connectivity index is 5.27. The highest BCUT2D eigenvalue weighted by atomic mass is 28.5. The van der Waals surface area contributed by atoms with E-state index in [1.54, 1.807) is 0 Å². The van der Waals surface area contributed by atoms with Crippen molar-refractivity contribution in [3.05, 3.63) is 147 Å². The molecule has 0 amide bonds. The zero-order chi connectivity index (χ0) is 63.9. The van der Waals surface area contributed by atoms with Crippen LogP contribution < -0.4 is 0 Å². The number of hydrogen-bond donors (Lipinski definition) is 0. The summed E-state index contributed by atoms with van der Waals surface area (Å²) in [5.41, 5.74) is 23.0. The van der Waals surface area contributed by atoms with E-state index in [0.717, 1.165) is 77.0 Å². The Morgan fingerprint density at radius 3 is 0.250 bits per heavy atom. The smallest absolute Gasteiger partial charge is 0.347 e. The fraction of sp³-hybridized carbons (Fsp3) is 0.600. The van der Waals surface area contributed by atoms with E-state index < -0.39 is 103 Å². The summed E-state index contributed by atoms with van der Waals surface area (Å²) in [5, 5.41) is 0. The van der Waals surface area contributed by atoms with E-state index in [1.807, 2.05) is 68.4 Å². The van der Waals surface area contributed by atoms with Gasteiger partial charge in [-0.3, -0.25) is 0 Å². The summed E-state index contributed by atoms with van der Waals surface area (Å²) >= 11 is 0. The van der Waals surface area contributed by atoms with Crippen LogP contribution in [0.1, 0.15) is 160 Å². The molecule has 84 heavy (non-hydrogen) atoms. The highest BCUT2D eigenvalue weighted by Gasteiger charge is 2.62. The average molecular weight is 1370 g/mol. The van der Waals surface area contributed by atoms with Crippen LogP contribution in [-0.4, -0.2) is 103 Å². The normalized spacial score (nSPS) is 36.1. The van der Waals surface area contributed by atoms with Crippen LogP contribution in [0.25, 0.3) is 0 Å². The fourth-order valence-electron chi connectivity index (χ4n) is 11.4. The summed E-state index contributed by atoms with van der Waals surface area (Å²) in [5.74, 6) is 0. The zero-order valence-electron chi connectivity index (χ0n) is 55.3. The van der Waals surface area contributed by atoms with Crippen molar-refractivity contribution in [2.24, 2.45) is 0 Å². The Morgan fingerprint density at radius 1 is 0.155 bits per heavy atom. The van der Waals surface area contributed by atoms with Gasteiger partial charge >= 0.3 is 103 Å². The zero-order valence-corrected chi connectivity index (χ0v) is 67.3. The molecule has 0 aromatic heterocycles. The van der Waals surface area contributed by atoms with Crippen LogP contribution in [0.4, 0.5) is 0 Å². The first kappa shape index (κ1) is 81.0. The monoisotopic (exact) mass is 1370 g/mol. The van der Waals surface area contributed by atoms with E-state index in [2.05, 4.69) is 162 Å². The van der Waals surface area contributed by atoms with Crippen molar-refractivity contribution in [2.45, 2.75) is 233 Å². The van der Waals surface area contributed by atoms with Gasteiger partial charge in [0, 0.05) is 0 Å². The molecule has 0 bridgehead atoms. The summed E-state index contributed by atoms with van der Waals surface area (Å²) in [7, 11) is -43.4. The standard InChI is InChI=1S/C60H120O12Si12/c1-25-49-73(37-13)61-74(38-14,50-26-2)63-76(40-16,52-28-4)65-78(42-18,54-30-6)67-80(44-20,56-32-8)69-82(46-22,58-34-10)71-84(48-24,60-36-12)72-83(47-23,59-35-11)70-81(45-21,57-33-9)68-79(43-19,55-31-7)66-77(41-17,53-29-5)64-75(39-15,62-73)51-27-3/h37-48H,13-36,49-60H2,1-12H3. The molecule has 0 aliphatic carbocycles. The first-order chi connectivity index (χ1) is 39.9. The molecule has 24 heteroatoms. The van der Waals surface area contributed by atoms with Crippen LogP contribution in [0.3, 0.4) is 0 Å². The topological polar surface area (TPSA) is 111 Å². The molecule has 0 aromatic carbocycles. The van der Waals surface area contributed by atoms with Crippen molar-refractivity contribution < 1.29 is 49.4 Å². The first-order valence-electron chi connectivity index (χ1n) is 32.0. The average Bonchev–Trinajstić information content (AvgIpc) is 2.33. The second-order valence-electron chi connectivity index (χ2n) is 22.4. The molecule has 0 spiro atoms. The van der Waals surface area contributed by atoms with E-state index in [0.29, 0.717) is 72.5 Å². The predicted octanol–water partition coefficient (Wildman–Crippen LogP) is 19.1.